The van der Waals surface area contributed by atoms with Crippen LogP contribution in [0.25, 0.3) is 0 Å². The Labute approximate surface area is 218 Å². The molecule has 3 amide bonds. The van der Waals surface area contributed by atoms with E-state index in [9.17, 15) is 14.0 Å². The third-order valence-corrected chi connectivity index (χ3v) is 6.99. The molecule has 4 atom stereocenters. The molecule has 1 aromatic carbocycles. The zero-order valence-electron chi connectivity index (χ0n) is 22.0. The van der Waals surface area contributed by atoms with E-state index in [1.54, 1.807) is 11.0 Å². The van der Waals surface area contributed by atoms with Gasteiger partial charge in [-0.25, -0.2) is 14.0 Å². The molecular weight excluding hydrogens is 481 g/mol. The summed E-state index contributed by atoms with van der Waals surface area (Å²) < 4.78 is 30.4. The van der Waals surface area contributed by atoms with Crippen molar-refractivity contribution in [3.63, 3.8) is 0 Å². The van der Waals surface area contributed by atoms with Crippen molar-refractivity contribution in [3.05, 3.63) is 35.6 Å². The van der Waals surface area contributed by atoms with E-state index in [0.717, 1.165) is 32.3 Å². The van der Waals surface area contributed by atoms with Crippen molar-refractivity contribution in [3.8, 4) is 0 Å². The highest BCUT2D eigenvalue weighted by atomic mass is 19.1. The van der Waals surface area contributed by atoms with E-state index in [0.29, 0.717) is 38.2 Å². The molecule has 2 aliphatic rings. The number of nitrogens with zero attached hydrogens (tertiary/aromatic N) is 1. The number of rotatable bonds is 11. The monoisotopic (exact) mass is 523 g/mol. The topological polar surface area (TPSA) is 127 Å². The molecule has 0 unspecified atom stereocenters. The lowest BCUT2D eigenvalue weighted by molar-refractivity contribution is -0.00896. The fourth-order valence-corrected chi connectivity index (χ4v) is 5.25. The molecule has 10 nitrogen and oxygen atoms in total. The summed E-state index contributed by atoms with van der Waals surface area (Å²) in [5, 5.41) is 8.91. The fourth-order valence-electron chi connectivity index (χ4n) is 5.25. The van der Waals surface area contributed by atoms with Crippen LogP contribution in [0.15, 0.2) is 24.3 Å². The number of nitrogens with two attached hydrogens (primary N) is 1. The SMILES string of the molecule is CNC[C@H](C[C@@]1(N)CCCOC1)NC(=O)N1CCC[C@@H]([C@@H](OCCNC(=O)OC)c2cccc(F)c2)C1. The summed E-state index contributed by atoms with van der Waals surface area (Å²) in [6, 6.07) is 6.06. The molecule has 2 aliphatic heterocycles. The number of carbonyl (C=O) groups is 2. The van der Waals surface area contributed by atoms with Gasteiger partial charge in [0.05, 0.1) is 26.4 Å². The number of halogens is 1. The molecule has 5 N–H and O–H groups in total. The van der Waals surface area contributed by atoms with Crippen LogP contribution in [-0.2, 0) is 14.2 Å². The van der Waals surface area contributed by atoms with Gasteiger partial charge in [-0.15, -0.1) is 0 Å². The maximum Gasteiger partial charge on any atom is 0.406 e. The highest BCUT2D eigenvalue weighted by Crippen LogP contribution is 2.33. The number of amides is 3. The van der Waals surface area contributed by atoms with Gasteiger partial charge in [0.25, 0.3) is 0 Å². The molecule has 37 heavy (non-hydrogen) atoms. The Morgan fingerprint density at radius 1 is 1.35 bits per heavy atom. The minimum Gasteiger partial charge on any atom is -0.453 e. The number of carbonyl (C=O) groups excluding carboxylic acids is 2. The van der Waals surface area contributed by atoms with Crippen LogP contribution in [0.5, 0.6) is 0 Å². The molecule has 0 spiro atoms. The second-order valence-corrected chi connectivity index (χ2v) is 10.0. The highest BCUT2D eigenvalue weighted by Gasteiger charge is 2.35. The second-order valence-electron chi connectivity index (χ2n) is 10.0. The highest BCUT2D eigenvalue weighted by molar-refractivity contribution is 5.74. The summed E-state index contributed by atoms with van der Waals surface area (Å²) in [5.41, 5.74) is 6.83. The first-order valence-corrected chi connectivity index (χ1v) is 13.1. The molecular formula is C26H42FN5O5. The number of piperidine rings is 1. The second kappa shape index (κ2) is 14.5. The van der Waals surface area contributed by atoms with Gasteiger partial charge in [-0.05, 0) is 56.8 Å². The van der Waals surface area contributed by atoms with E-state index in [-0.39, 0.29) is 37.0 Å². The lowest BCUT2D eigenvalue weighted by atomic mass is 9.86. The summed E-state index contributed by atoms with van der Waals surface area (Å²) in [4.78, 5) is 26.5. The van der Waals surface area contributed by atoms with Crippen molar-refractivity contribution in [2.75, 3.05) is 60.2 Å². The van der Waals surface area contributed by atoms with Crippen LogP contribution in [-0.4, -0.2) is 88.8 Å². The van der Waals surface area contributed by atoms with Crippen molar-refractivity contribution in [2.45, 2.75) is 49.8 Å². The predicted molar refractivity (Wildman–Crippen MR) is 138 cm³/mol. The average molecular weight is 524 g/mol. The summed E-state index contributed by atoms with van der Waals surface area (Å²) >= 11 is 0. The molecule has 208 valence electrons. The van der Waals surface area contributed by atoms with Gasteiger partial charge in [0, 0.05) is 50.3 Å². The van der Waals surface area contributed by atoms with E-state index >= 15 is 0 Å². The number of nitrogens with one attached hydrogen (secondary N) is 3. The van der Waals surface area contributed by atoms with E-state index in [1.165, 1.54) is 19.2 Å². The molecule has 0 aromatic heterocycles. The number of ether oxygens (including phenoxy) is 3. The number of hydrogen-bond acceptors (Lipinski definition) is 7. The zero-order chi connectivity index (χ0) is 26.7. The van der Waals surface area contributed by atoms with Gasteiger partial charge in [-0.1, -0.05) is 12.1 Å². The smallest absolute Gasteiger partial charge is 0.406 e. The van der Waals surface area contributed by atoms with Crippen LogP contribution in [0, 0.1) is 11.7 Å². The molecule has 0 bridgehead atoms. The average Bonchev–Trinajstić information content (AvgIpc) is 2.89. The summed E-state index contributed by atoms with van der Waals surface area (Å²) in [7, 11) is 3.15. The van der Waals surface area contributed by atoms with Crippen LogP contribution in [0.2, 0.25) is 0 Å². The first-order chi connectivity index (χ1) is 17.8. The Bertz CT molecular complexity index is 870. The van der Waals surface area contributed by atoms with Crippen LogP contribution in [0.4, 0.5) is 14.0 Å². The van der Waals surface area contributed by atoms with Crippen LogP contribution < -0.4 is 21.7 Å². The number of hydrogen-bond donors (Lipinski definition) is 4. The van der Waals surface area contributed by atoms with Gasteiger partial charge in [-0.3, -0.25) is 0 Å². The Morgan fingerprint density at radius 3 is 2.89 bits per heavy atom. The molecule has 2 heterocycles. The number of benzene rings is 1. The molecule has 3 rings (SSSR count). The number of likely N-dealkylation sites (tertiary alicyclic amines) is 1. The normalized spacial score (nSPS) is 23.7. The van der Waals surface area contributed by atoms with Crippen LogP contribution >= 0.6 is 0 Å². The molecule has 1 aromatic rings. The first kappa shape index (κ1) is 29.1. The Hall–Kier alpha value is -2.47. The first-order valence-electron chi connectivity index (χ1n) is 13.1. The maximum absolute atomic E-state index is 14.1. The molecule has 0 saturated carbocycles. The van der Waals surface area contributed by atoms with E-state index < -0.39 is 17.7 Å². The van der Waals surface area contributed by atoms with Crippen molar-refractivity contribution in [2.24, 2.45) is 11.7 Å². The van der Waals surface area contributed by atoms with Gasteiger partial charge in [0.1, 0.15) is 5.82 Å². The quantitative estimate of drug-likeness (QED) is 0.327. The van der Waals surface area contributed by atoms with Crippen molar-refractivity contribution in [1.82, 2.24) is 20.9 Å². The Kier molecular flexibility index (Phi) is 11.4. The van der Waals surface area contributed by atoms with Crippen molar-refractivity contribution >= 4 is 12.1 Å². The van der Waals surface area contributed by atoms with E-state index in [2.05, 4.69) is 20.7 Å². The standard InChI is InChI=1S/C26H42FN5O5/c1-29-16-22(15-26(28)9-5-12-36-18-26)31-24(33)32-11-4-7-20(17-32)23(19-6-3-8-21(27)14-19)37-13-10-30-25(34)35-2/h3,6,8,14,20,22-23,29H,4-5,7,9-13,15-18,28H2,1-2H3,(H,30,34)(H,31,33)/t20-,22+,23+,26+/m1/s1. The van der Waals surface area contributed by atoms with Gasteiger partial charge < -0.3 is 40.8 Å². The van der Waals surface area contributed by atoms with Crippen molar-refractivity contribution < 1.29 is 28.2 Å². The van der Waals surface area contributed by atoms with Gasteiger partial charge in [0.2, 0.25) is 0 Å². The van der Waals surface area contributed by atoms with Gasteiger partial charge >= 0.3 is 12.1 Å². The molecule has 2 saturated heterocycles. The number of methoxy groups -OCH3 is 1. The van der Waals surface area contributed by atoms with Gasteiger partial charge in [-0.2, -0.15) is 0 Å². The predicted octanol–water partition coefficient (Wildman–Crippen LogP) is 2.15. The third kappa shape index (κ3) is 9.10. The summed E-state index contributed by atoms with van der Waals surface area (Å²) in [6.07, 6.45) is 3.08. The molecule has 0 radical (unpaired) electrons. The Balaban J connectivity index is 1.64. The lowest BCUT2D eigenvalue weighted by Crippen LogP contribution is -2.57. The third-order valence-electron chi connectivity index (χ3n) is 6.99. The summed E-state index contributed by atoms with van der Waals surface area (Å²) in [5.74, 6) is -0.378. The Morgan fingerprint density at radius 2 is 2.19 bits per heavy atom. The van der Waals surface area contributed by atoms with Crippen LogP contribution in [0.3, 0.4) is 0 Å². The zero-order valence-corrected chi connectivity index (χ0v) is 22.0. The van der Waals surface area contributed by atoms with Gasteiger partial charge in [0.15, 0.2) is 0 Å². The van der Waals surface area contributed by atoms with Crippen LogP contribution in [0.1, 0.15) is 43.8 Å². The largest absolute Gasteiger partial charge is 0.453 e. The minimum absolute atomic E-state index is 0.0326. The van der Waals surface area contributed by atoms with Crippen molar-refractivity contribution in [1.29, 1.82) is 0 Å². The van der Waals surface area contributed by atoms with E-state index in [1.807, 2.05) is 13.1 Å². The molecule has 2 fully saturated rings. The molecule has 0 aliphatic carbocycles. The maximum atomic E-state index is 14.1. The summed E-state index contributed by atoms with van der Waals surface area (Å²) in [6.45, 7) is 3.41. The molecule has 11 heteroatoms. The minimum atomic E-state index is -0.540. The van der Waals surface area contributed by atoms with E-state index in [4.69, 9.17) is 15.2 Å². The number of likely N-dealkylation sites (N-methyl/N-ethyl adjacent to an activating group) is 1. The fraction of sp³-hybridized carbons (Fsp3) is 0.692. The number of alkyl carbamates (subject to hydrolysis) is 1. The lowest BCUT2D eigenvalue weighted by Gasteiger charge is -2.39. The number of urea groups is 1.